The van der Waals surface area contributed by atoms with Crippen molar-refractivity contribution in [2.24, 2.45) is 0 Å². The number of aliphatic carboxylic acids is 1. The molecule has 0 radical (unpaired) electrons. The van der Waals surface area contributed by atoms with Crippen molar-refractivity contribution in [2.45, 2.75) is 23.5 Å². The van der Waals surface area contributed by atoms with Crippen LogP contribution in [0.3, 0.4) is 0 Å². The second-order valence-corrected chi connectivity index (χ2v) is 5.81. The average molecular weight is 320 g/mol. The van der Waals surface area contributed by atoms with E-state index in [4.69, 9.17) is 16.7 Å². The van der Waals surface area contributed by atoms with E-state index in [0.717, 1.165) is 6.07 Å². The normalized spacial score (nSPS) is 31.0. The predicted molar refractivity (Wildman–Crippen MR) is 67.6 cm³/mol. The molecule has 1 aliphatic carbocycles. The van der Waals surface area contributed by atoms with E-state index in [1.807, 2.05) is 0 Å². The summed E-state index contributed by atoms with van der Waals surface area (Å²) in [6, 6.07) is 0.694. The van der Waals surface area contributed by atoms with Crippen LogP contribution in [0.15, 0.2) is 12.1 Å². The van der Waals surface area contributed by atoms with E-state index in [1.54, 1.807) is 0 Å². The van der Waals surface area contributed by atoms with Crippen LogP contribution in [0, 0.1) is 11.6 Å². The van der Waals surface area contributed by atoms with Crippen LogP contribution < -0.4 is 4.90 Å². The molecule has 0 amide bonds. The third-order valence-corrected chi connectivity index (χ3v) is 4.21. The molecule has 1 aromatic rings. The third kappa shape index (κ3) is 1.98. The number of carboxylic acid groups (broad SMARTS) is 1. The molecule has 3 atom stereocenters. The lowest BCUT2D eigenvalue weighted by molar-refractivity contribution is -0.138. The highest BCUT2D eigenvalue weighted by Crippen LogP contribution is 2.43. The minimum atomic E-state index is -2.33. The maximum atomic E-state index is 13.4. The van der Waals surface area contributed by atoms with Gasteiger partial charge in [0.15, 0.2) is 17.4 Å². The number of hydrogen-bond acceptors (Lipinski definition) is 3. The Kier molecular flexibility index (Phi) is 2.95. The number of alkyl halides is 2. The van der Waals surface area contributed by atoms with Crippen molar-refractivity contribution in [3.8, 4) is 0 Å². The fourth-order valence-electron chi connectivity index (χ4n) is 2.50. The molecule has 1 fully saturated rings. The van der Waals surface area contributed by atoms with Crippen LogP contribution in [0.1, 0.15) is 16.8 Å². The molecule has 1 unspecified atom stereocenters. The number of benzene rings is 1. The fraction of sp³-hybridized carbons (Fsp3) is 0.385. The Morgan fingerprint density at radius 2 is 1.95 bits per heavy atom. The largest absolute Gasteiger partial charge is 0.480 e. The van der Waals surface area contributed by atoms with Crippen molar-refractivity contribution in [3.05, 3.63) is 29.3 Å². The first kappa shape index (κ1) is 14.2. The predicted octanol–water partition coefficient (Wildman–Crippen LogP) is 2.14. The number of halogens is 4. The number of anilines is 1. The summed E-state index contributed by atoms with van der Waals surface area (Å²) in [4.78, 5) is 22.4. The Labute approximate surface area is 122 Å². The van der Waals surface area contributed by atoms with Crippen LogP contribution in [0.25, 0.3) is 0 Å². The molecule has 0 saturated heterocycles. The summed E-state index contributed by atoms with van der Waals surface area (Å²) in [6.45, 7) is -0.494. The topological polar surface area (TPSA) is 57.6 Å². The van der Waals surface area contributed by atoms with Gasteiger partial charge in [-0.15, -0.1) is 0 Å². The Hall–Kier alpha value is -1.76. The second kappa shape index (κ2) is 4.37. The monoisotopic (exact) mass is 319 g/mol. The van der Waals surface area contributed by atoms with Gasteiger partial charge < -0.3 is 10.0 Å². The number of Topliss-reactive ketones (excluding diaryl/α,β-unsaturated/α-hetero) is 1. The zero-order valence-electron chi connectivity index (χ0n) is 10.4. The van der Waals surface area contributed by atoms with E-state index < -0.39 is 47.0 Å². The highest BCUT2D eigenvalue weighted by atomic mass is 35.5. The van der Waals surface area contributed by atoms with Gasteiger partial charge in [-0.05, 0) is 6.07 Å². The lowest BCUT2D eigenvalue weighted by Crippen LogP contribution is -2.55. The molecular weight excluding hydrogens is 311 g/mol. The summed E-state index contributed by atoms with van der Waals surface area (Å²) in [5.74, 6) is -5.12. The van der Waals surface area contributed by atoms with Crippen LogP contribution in [-0.2, 0) is 4.79 Å². The van der Waals surface area contributed by atoms with Gasteiger partial charge in [0, 0.05) is 18.1 Å². The number of hydrogen-bond donors (Lipinski definition) is 1. The van der Waals surface area contributed by atoms with E-state index in [2.05, 4.69) is 0 Å². The maximum absolute atomic E-state index is 13.4. The van der Waals surface area contributed by atoms with Crippen LogP contribution in [0.5, 0.6) is 0 Å². The van der Waals surface area contributed by atoms with Gasteiger partial charge in [-0.2, -0.15) is 0 Å². The van der Waals surface area contributed by atoms with Gasteiger partial charge in [-0.25, -0.2) is 18.0 Å². The Balaban J connectivity index is 2.17. The fourth-order valence-corrected chi connectivity index (χ4v) is 2.73. The van der Waals surface area contributed by atoms with Gasteiger partial charge in [-0.3, -0.25) is 4.79 Å². The van der Waals surface area contributed by atoms with Crippen LogP contribution in [0.2, 0.25) is 0 Å². The molecule has 0 bridgehead atoms. The van der Waals surface area contributed by atoms with Crippen molar-refractivity contribution in [2.75, 3.05) is 11.4 Å². The number of carboxylic acids is 1. The zero-order chi connectivity index (χ0) is 15.5. The van der Waals surface area contributed by atoms with Crippen LogP contribution in [-0.4, -0.2) is 40.5 Å². The van der Waals surface area contributed by atoms with Gasteiger partial charge in [0.2, 0.25) is 4.87 Å². The standard InChI is InChI=1S/C13H9ClF3NO3/c14-13(12(20)21)4-18(10-3-8(10)17)9-2-7(16)6(15)1-5(9)11(13)19/h1-2,8,10H,3-4H2,(H,20,21)/t8-,10+,13?/m0/s1. The molecule has 1 saturated carbocycles. The highest BCUT2D eigenvalue weighted by Gasteiger charge is 2.55. The van der Waals surface area contributed by atoms with E-state index in [-0.39, 0.29) is 17.7 Å². The van der Waals surface area contributed by atoms with Gasteiger partial charge in [0.05, 0.1) is 18.3 Å². The lowest BCUT2D eigenvalue weighted by atomic mass is 9.89. The summed E-state index contributed by atoms with van der Waals surface area (Å²) >= 11 is 5.87. The highest BCUT2D eigenvalue weighted by molar-refractivity contribution is 6.49. The first-order valence-corrected chi connectivity index (χ1v) is 6.50. The molecule has 21 heavy (non-hydrogen) atoms. The summed E-state index contributed by atoms with van der Waals surface area (Å²) in [7, 11) is 0. The van der Waals surface area contributed by atoms with Gasteiger partial charge in [-0.1, -0.05) is 11.6 Å². The Bertz CT molecular complexity index is 668. The summed E-state index contributed by atoms with van der Waals surface area (Å²) in [6.07, 6.45) is -1.09. The molecule has 2 aliphatic rings. The molecule has 8 heteroatoms. The van der Waals surface area contributed by atoms with Crippen LogP contribution in [0.4, 0.5) is 18.9 Å². The number of fused-ring (bicyclic) bond motifs is 1. The number of nitrogens with zero attached hydrogens (tertiary/aromatic N) is 1. The van der Waals surface area contributed by atoms with E-state index >= 15 is 0 Å². The average Bonchev–Trinajstić information content (AvgIpc) is 3.13. The molecule has 0 aromatic heterocycles. The second-order valence-electron chi connectivity index (χ2n) is 5.17. The maximum Gasteiger partial charge on any atom is 0.334 e. The van der Waals surface area contributed by atoms with Crippen molar-refractivity contribution in [1.82, 2.24) is 0 Å². The summed E-state index contributed by atoms with van der Waals surface area (Å²) in [5, 5.41) is 9.16. The van der Waals surface area contributed by atoms with Crippen molar-refractivity contribution >= 4 is 29.0 Å². The van der Waals surface area contributed by atoms with E-state index in [0.29, 0.717) is 6.07 Å². The number of rotatable bonds is 2. The number of ketones is 1. The SMILES string of the molecule is O=C(O)C1(Cl)CN([C@@H]2C[C@@H]2F)c2cc(F)c(F)cc2C1=O. The zero-order valence-corrected chi connectivity index (χ0v) is 11.2. The van der Waals surface area contributed by atoms with Gasteiger partial charge in [0.1, 0.15) is 6.17 Å². The molecular formula is C13H9ClF3NO3. The third-order valence-electron chi connectivity index (χ3n) is 3.76. The molecule has 1 aromatic carbocycles. The minimum Gasteiger partial charge on any atom is -0.480 e. The smallest absolute Gasteiger partial charge is 0.334 e. The summed E-state index contributed by atoms with van der Waals surface area (Å²) < 4.78 is 40.0. The molecule has 1 aliphatic heterocycles. The molecule has 4 nitrogen and oxygen atoms in total. The number of carbonyl (C=O) groups is 2. The summed E-state index contributed by atoms with van der Waals surface area (Å²) in [5.41, 5.74) is -0.377. The van der Waals surface area contributed by atoms with Crippen molar-refractivity contribution in [1.29, 1.82) is 0 Å². The molecule has 0 spiro atoms. The quantitative estimate of drug-likeness (QED) is 0.670. The Morgan fingerprint density at radius 1 is 1.38 bits per heavy atom. The molecule has 3 rings (SSSR count). The Morgan fingerprint density at radius 3 is 2.48 bits per heavy atom. The van der Waals surface area contributed by atoms with E-state index in [1.165, 1.54) is 4.90 Å². The first-order valence-electron chi connectivity index (χ1n) is 6.12. The van der Waals surface area contributed by atoms with Crippen molar-refractivity contribution < 1.29 is 27.9 Å². The lowest BCUT2D eigenvalue weighted by Gasteiger charge is -2.37. The van der Waals surface area contributed by atoms with E-state index in [9.17, 15) is 22.8 Å². The van der Waals surface area contributed by atoms with Crippen molar-refractivity contribution in [3.63, 3.8) is 0 Å². The van der Waals surface area contributed by atoms with Gasteiger partial charge >= 0.3 is 5.97 Å². The first-order chi connectivity index (χ1) is 9.75. The van der Waals surface area contributed by atoms with Crippen LogP contribution >= 0.6 is 11.6 Å². The van der Waals surface area contributed by atoms with Gasteiger partial charge in [0.25, 0.3) is 0 Å². The minimum absolute atomic E-state index is 0.0263. The molecule has 1 heterocycles. The molecule has 1 N–H and O–H groups in total. The molecule has 112 valence electrons. The number of carbonyl (C=O) groups excluding carboxylic acids is 1.